The minimum absolute atomic E-state index is 0.0968. The van der Waals surface area contributed by atoms with Crippen molar-refractivity contribution >= 4 is 23.2 Å². The van der Waals surface area contributed by atoms with Crippen LogP contribution in [0.1, 0.15) is 40.0 Å². The zero-order valence-corrected chi connectivity index (χ0v) is 16.5. The van der Waals surface area contributed by atoms with E-state index in [4.69, 9.17) is 21.7 Å². The average Bonchev–Trinajstić information content (AvgIpc) is 2.63. The molecule has 1 saturated carbocycles. The summed E-state index contributed by atoms with van der Waals surface area (Å²) in [5.41, 5.74) is 5.31. The third-order valence-corrected chi connectivity index (χ3v) is 5.06. The highest BCUT2D eigenvalue weighted by molar-refractivity contribution is 7.80. The molecule has 7 heteroatoms. The van der Waals surface area contributed by atoms with Crippen LogP contribution in [0.15, 0.2) is 24.3 Å². The Balaban J connectivity index is 1.67. The van der Waals surface area contributed by atoms with Crippen molar-refractivity contribution in [2.75, 3.05) is 13.2 Å². The zero-order valence-electron chi connectivity index (χ0n) is 15.7. The Morgan fingerprint density at radius 3 is 2.42 bits per heavy atom. The lowest BCUT2D eigenvalue weighted by Gasteiger charge is -2.35. The van der Waals surface area contributed by atoms with E-state index in [1.165, 1.54) is 12.8 Å². The smallest absolute Gasteiger partial charge is 0.276 e. The van der Waals surface area contributed by atoms with Crippen LogP contribution >= 0.6 is 12.2 Å². The molecule has 0 bridgehead atoms. The summed E-state index contributed by atoms with van der Waals surface area (Å²) in [6, 6.07) is 7.49. The Morgan fingerprint density at radius 1 is 1.12 bits per heavy atom. The van der Waals surface area contributed by atoms with Crippen molar-refractivity contribution in [1.82, 2.24) is 16.2 Å². The Morgan fingerprint density at radius 2 is 1.77 bits per heavy atom. The Hall–Kier alpha value is -2.02. The van der Waals surface area contributed by atoms with E-state index in [2.05, 4.69) is 30.0 Å². The molecule has 0 heterocycles. The van der Waals surface area contributed by atoms with Gasteiger partial charge in [-0.1, -0.05) is 26.7 Å². The Labute approximate surface area is 161 Å². The van der Waals surface area contributed by atoms with E-state index in [0.717, 1.165) is 12.2 Å². The second-order valence-corrected chi connectivity index (χ2v) is 7.12. The lowest BCUT2D eigenvalue weighted by Crippen LogP contribution is -2.53. The van der Waals surface area contributed by atoms with E-state index in [9.17, 15) is 4.79 Å². The molecule has 0 saturated heterocycles. The maximum absolute atomic E-state index is 11.9. The number of carbonyl (C=O) groups excluding carboxylic acids is 1. The van der Waals surface area contributed by atoms with Crippen molar-refractivity contribution in [3.8, 4) is 11.5 Å². The van der Waals surface area contributed by atoms with Crippen LogP contribution < -0.4 is 25.6 Å². The second-order valence-electron chi connectivity index (χ2n) is 6.71. The normalized spacial score (nSPS) is 22.2. The van der Waals surface area contributed by atoms with E-state index < -0.39 is 0 Å². The standard InChI is InChI=1S/C19H29N3O3S/c1-4-24-15-8-10-16(11-9-15)25-12-18(23)21-22-19(26)20-17-7-5-6-13(2)14(17)3/h8-11,13-14,17H,4-7,12H2,1-3H3,(H,21,23)(H2,20,22,26)/t13-,14+,17+/m1/s1. The lowest BCUT2D eigenvalue weighted by molar-refractivity contribution is -0.123. The third kappa shape index (κ3) is 6.37. The molecule has 1 fully saturated rings. The fourth-order valence-corrected chi connectivity index (χ4v) is 3.30. The maximum atomic E-state index is 11.9. The highest BCUT2D eigenvalue weighted by Crippen LogP contribution is 2.29. The summed E-state index contributed by atoms with van der Waals surface area (Å²) >= 11 is 5.27. The fraction of sp³-hybridized carbons (Fsp3) is 0.579. The van der Waals surface area contributed by atoms with Crippen molar-refractivity contribution in [3.63, 3.8) is 0 Å². The van der Waals surface area contributed by atoms with E-state index in [1.807, 2.05) is 6.92 Å². The topological polar surface area (TPSA) is 71.6 Å². The quantitative estimate of drug-likeness (QED) is 0.521. The summed E-state index contributed by atoms with van der Waals surface area (Å²) in [7, 11) is 0. The van der Waals surface area contributed by atoms with Crippen LogP contribution in [0.25, 0.3) is 0 Å². The molecule has 0 spiro atoms. The minimum Gasteiger partial charge on any atom is -0.494 e. The van der Waals surface area contributed by atoms with Crippen LogP contribution in [0.2, 0.25) is 0 Å². The van der Waals surface area contributed by atoms with E-state index in [1.54, 1.807) is 24.3 Å². The lowest BCUT2D eigenvalue weighted by atomic mass is 9.78. The van der Waals surface area contributed by atoms with Crippen molar-refractivity contribution in [2.24, 2.45) is 11.8 Å². The van der Waals surface area contributed by atoms with E-state index >= 15 is 0 Å². The number of thiocarbonyl (C=S) groups is 1. The number of nitrogens with one attached hydrogen (secondary N) is 3. The summed E-state index contributed by atoms with van der Waals surface area (Å²) in [6.45, 7) is 6.96. The molecule has 1 aliphatic rings. The Kier molecular flexibility index (Phi) is 7.97. The molecule has 144 valence electrons. The summed E-state index contributed by atoms with van der Waals surface area (Å²) in [4.78, 5) is 11.9. The van der Waals surface area contributed by atoms with Gasteiger partial charge in [0.1, 0.15) is 11.5 Å². The molecule has 1 amide bonds. The van der Waals surface area contributed by atoms with Crippen LogP contribution in [0.3, 0.4) is 0 Å². The van der Waals surface area contributed by atoms with E-state index in [0.29, 0.717) is 35.3 Å². The predicted molar refractivity (Wildman–Crippen MR) is 106 cm³/mol. The van der Waals surface area contributed by atoms with Gasteiger partial charge in [0.15, 0.2) is 11.7 Å². The second kappa shape index (κ2) is 10.2. The number of amides is 1. The third-order valence-electron chi connectivity index (χ3n) is 4.84. The van der Waals surface area contributed by atoms with Crippen LogP contribution in [-0.2, 0) is 4.79 Å². The summed E-state index contributed by atoms with van der Waals surface area (Å²) in [5, 5.41) is 3.73. The van der Waals surface area contributed by atoms with Crippen molar-refractivity contribution < 1.29 is 14.3 Å². The first kappa shape index (κ1) is 20.3. The Bertz CT molecular complexity index is 594. The van der Waals surface area contributed by atoms with Crippen molar-refractivity contribution in [1.29, 1.82) is 0 Å². The number of benzene rings is 1. The summed E-state index contributed by atoms with van der Waals surface area (Å²) in [6.07, 6.45) is 3.56. The van der Waals surface area contributed by atoms with E-state index in [-0.39, 0.29) is 12.5 Å². The van der Waals surface area contributed by atoms with Gasteiger partial charge < -0.3 is 14.8 Å². The molecule has 0 aliphatic heterocycles. The highest BCUT2D eigenvalue weighted by Gasteiger charge is 2.27. The molecule has 1 aromatic rings. The first-order chi connectivity index (χ1) is 12.5. The van der Waals surface area contributed by atoms with Gasteiger partial charge in [-0.3, -0.25) is 15.6 Å². The molecule has 1 aliphatic carbocycles. The number of rotatable bonds is 6. The maximum Gasteiger partial charge on any atom is 0.276 e. The molecule has 2 rings (SSSR count). The molecule has 1 aromatic carbocycles. The number of hydrazine groups is 1. The highest BCUT2D eigenvalue weighted by atomic mass is 32.1. The molecular formula is C19H29N3O3S. The molecule has 0 radical (unpaired) electrons. The van der Waals surface area contributed by atoms with Gasteiger partial charge >= 0.3 is 0 Å². The minimum atomic E-state index is -0.298. The largest absolute Gasteiger partial charge is 0.494 e. The molecule has 0 aromatic heterocycles. The van der Waals surface area contributed by atoms with Crippen LogP contribution in [-0.4, -0.2) is 30.3 Å². The fourth-order valence-electron chi connectivity index (χ4n) is 3.10. The van der Waals surface area contributed by atoms with Crippen LogP contribution in [0.4, 0.5) is 0 Å². The van der Waals surface area contributed by atoms with Crippen LogP contribution in [0, 0.1) is 11.8 Å². The molecule has 6 nitrogen and oxygen atoms in total. The first-order valence-corrected chi connectivity index (χ1v) is 9.61. The summed E-state index contributed by atoms with van der Waals surface area (Å²) < 4.78 is 10.8. The SMILES string of the molecule is CCOc1ccc(OCC(=O)NNC(=S)N[C@H]2CCC[C@@H](C)[C@@H]2C)cc1. The molecule has 3 N–H and O–H groups in total. The van der Waals surface area contributed by atoms with Crippen molar-refractivity contribution in [3.05, 3.63) is 24.3 Å². The van der Waals surface area contributed by atoms with Gasteiger partial charge in [0.2, 0.25) is 0 Å². The first-order valence-electron chi connectivity index (χ1n) is 9.20. The van der Waals surface area contributed by atoms with Gasteiger partial charge in [0.25, 0.3) is 5.91 Å². The van der Waals surface area contributed by atoms with Crippen LogP contribution in [0.5, 0.6) is 11.5 Å². The van der Waals surface area contributed by atoms with Crippen molar-refractivity contribution in [2.45, 2.75) is 46.1 Å². The van der Waals surface area contributed by atoms with Gasteiger partial charge in [-0.05, 0) is 61.7 Å². The monoisotopic (exact) mass is 379 g/mol. The summed E-state index contributed by atoms with van der Waals surface area (Å²) in [5.74, 6) is 2.32. The zero-order chi connectivity index (χ0) is 18.9. The van der Waals surface area contributed by atoms with Gasteiger partial charge in [0.05, 0.1) is 6.61 Å². The number of hydrogen-bond acceptors (Lipinski definition) is 4. The molecule has 26 heavy (non-hydrogen) atoms. The van der Waals surface area contributed by atoms with Gasteiger partial charge in [-0.25, -0.2) is 0 Å². The molecule has 0 unspecified atom stereocenters. The predicted octanol–water partition coefficient (Wildman–Crippen LogP) is 2.78. The number of hydrogen-bond donors (Lipinski definition) is 3. The molecule has 3 atom stereocenters. The number of ether oxygens (including phenoxy) is 2. The average molecular weight is 380 g/mol. The number of carbonyl (C=O) groups is 1. The van der Waals surface area contributed by atoms with Gasteiger partial charge in [-0.15, -0.1) is 0 Å². The van der Waals surface area contributed by atoms with Gasteiger partial charge in [-0.2, -0.15) is 0 Å². The van der Waals surface area contributed by atoms with Gasteiger partial charge in [0, 0.05) is 6.04 Å². The molecular weight excluding hydrogens is 350 g/mol.